The lowest BCUT2D eigenvalue weighted by molar-refractivity contribution is -0.122. The van der Waals surface area contributed by atoms with Crippen LogP contribution in [0.3, 0.4) is 0 Å². The summed E-state index contributed by atoms with van der Waals surface area (Å²) in [6.45, 7) is 3.25. The molecule has 0 aliphatic carbocycles. The molecule has 14 heavy (non-hydrogen) atoms. The molecule has 1 amide bonds. The number of halogens is 2. The monoisotopic (exact) mass is 204 g/mol. The second-order valence-electron chi connectivity index (χ2n) is 3.16. The molecule has 0 saturated carbocycles. The third-order valence-electron chi connectivity index (χ3n) is 2.19. The van der Waals surface area contributed by atoms with Crippen molar-refractivity contribution in [2.24, 2.45) is 0 Å². The number of carbonyl (C=O) groups excluding carboxylic acids is 1. The molecule has 3 nitrogen and oxygen atoms in total. The van der Waals surface area contributed by atoms with Crippen molar-refractivity contribution in [1.82, 2.24) is 10.6 Å². The van der Waals surface area contributed by atoms with Crippen LogP contribution >= 0.6 is 0 Å². The number of hydrogen-bond acceptors (Lipinski definition) is 2. The van der Waals surface area contributed by atoms with Gasteiger partial charge in [-0.25, -0.2) is 8.78 Å². The highest BCUT2D eigenvalue weighted by Gasteiger charge is 2.46. The molecular formula is C9H14F2N2O. The van der Waals surface area contributed by atoms with Crippen molar-refractivity contribution < 1.29 is 13.6 Å². The third kappa shape index (κ3) is 1.92. The largest absolute Gasteiger partial charge is 0.355 e. The maximum Gasteiger partial charge on any atom is 0.283 e. The van der Waals surface area contributed by atoms with E-state index in [1.165, 1.54) is 13.0 Å². The average molecular weight is 204 g/mol. The van der Waals surface area contributed by atoms with Crippen molar-refractivity contribution in [1.29, 1.82) is 0 Å². The zero-order valence-corrected chi connectivity index (χ0v) is 8.23. The summed E-state index contributed by atoms with van der Waals surface area (Å²) >= 11 is 0. The number of hydrogen-bond donors (Lipinski definition) is 2. The summed E-state index contributed by atoms with van der Waals surface area (Å²) in [6.07, 6.45) is 1.31. The van der Waals surface area contributed by atoms with Gasteiger partial charge < -0.3 is 5.32 Å². The van der Waals surface area contributed by atoms with E-state index in [9.17, 15) is 13.6 Å². The normalized spacial score (nSPS) is 28.0. The molecule has 2 N–H and O–H groups in total. The van der Waals surface area contributed by atoms with Gasteiger partial charge in [0.2, 0.25) is 5.91 Å². The highest BCUT2D eigenvalue weighted by atomic mass is 19.3. The van der Waals surface area contributed by atoms with E-state index in [1.807, 2.05) is 0 Å². The van der Waals surface area contributed by atoms with Crippen molar-refractivity contribution in [2.75, 3.05) is 13.1 Å². The van der Waals surface area contributed by atoms with Crippen LogP contribution in [0.15, 0.2) is 11.6 Å². The van der Waals surface area contributed by atoms with Crippen LogP contribution in [-0.2, 0) is 4.79 Å². The van der Waals surface area contributed by atoms with Gasteiger partial charge in [-0.1, -0.05) is 6.08 Å². The Morgan fingerprint density at radius 2 is 2.43 bits per heavy atom. The van der Waals surface area contributed by atoms with Gasteiger partial charge in [-0.2, -0.15) is 0 Å². The number of rotatable bonds is 2. The Kier molecular flexibility index (Phi) is 3.21. The van der Waals surface area contributed by atoms with Gasteiger partial charge in [0, 0.05) is 12.1 Å². The topological polar surface area (TPSA) is 41.1 Å². The lowest BCUT2D eigenvalue weighted by Gasteiger charge is -2.13. The summed E-state index contributed by atoms with van der Waals surface area (Å²) in [5.74, 6) is -3.29. The minimum Gasteiger partial charge on any atom is -0.355 e. The van der Waals surface area contributed by atoms with Gasteiger partial charge in [0.25, 0.3) is 5.92 Å². The predicted octanol–water partition coefficient (Wildman–Crippen LogP) is 0.676. The maximum atomic E-state index is 13.1. The molecule has 1 rings (SSSR count). The molecule has 5 heteroatoms. The van der Waals surface area contributed by atoms with Crippen LogP contribution in [0.4, 0.5) is 8.78 Å². The standard InChI is InChI=1S/C9H14F2N2O/c1-3-6-7(8(14)12-4-2)13-5-9(6,10)11/h3,7,13H,4-5H2,1-2H3,(H,12,14)/b6-3-. The number of likely N-dealkylation sites (N-methyl/N-ethyl adjacent to an activating group) is 1. The Morgan fingerprint density at radius 3 is 2.93 bits per heavy atom. The second-order valence-corrected chi connectivity index (χ2v) is 3.16. The van der Waals surface area contributed by atoms with E-state index in [1.54, 1.807) is 6.92 Å². The summed E-state index contributed by atoms with van der Waals surface area (Å²) in [5, 5.41) is 5.02. The fraction of sp³-hybridized carbons (Fsp3) is 0.667. The lowest BCUT2D eigenvalue weighted by atomic mass is 10.1. The van der Waals surface area contributed by atoms with Crippen molar-refractivity contribution in [2.45, 2.75) is 25.8 Å². The number of amides is 1. The molecule has 0 aromatic heterocycles. The highest BCUT2D eigenvalue weighted by molar-refractivity contribution is 5.86. The third-order valence-corrected chi connectivity index (χ3v) is 2.19. The maximum absolute atomic E-state index is 13.1. The van der Waals surface area contributed by atoms with E-state index < -0.39 is 24.4 Å². The van der Waals surface area contributed by atoms with Gasteiger partial charge in [0.1, 0.15) is 6.04 Å². The molecule has 0 bridgehead atoms. The van der Waals surface area contributed by atoms with Gasteiger partial charge in [-0.3, -0.25) is 10.1 Å². The lowest BCUT2D eigenvalue weighted by Crippen LogP contribution is -2.41. The first-order valence-electron chi connectivity index (χ1n) is 4.58. The molecule has 0 aromatic carbocycles. The van der Waals surface area contributed by atoms with Gasteiger partial charge >= 0.3 is 0 Å². The summed E-state index contributed by atoms with van der Waals surface area (Å²) in [7, 11) is 0. The minimum absolute atomic E-state index is 0.136. The number of carbonyl (C=O) groups is 1. The Bertz CT molecular complexity index is 264. The fourth-order valence-corrected chi connectivity index (χ4v) is 1.54. The van der Waals surface area contributed by atoms with Gasteiger partial charge in [-0.15, -0.1) is 0 Å². The first-order valence-corrected chi connectivity index (χ1v) is 4.58. The van der Waals surface area contributed by atoms with E-state index in [-0.39, 0.29) is 5.57 Å². The molecule has 1 unspecified atom stereocenters. The summed E-state index contributed by atoms with van der Waals surface area (Å²) in [4.78, 5) is 11.4. The molecule has 1 heterocycles. The molecular weight excluding hydrogens is 190 g/mol. The Hall–Kier alpha value is -0.970. The van der Waals surface area contributed by atoms with E-state index >= 15 is 0 Å². The smallest absolute Gasteiger partial charge is 0.283 e. The van der Waals surface area contributed by atoms with Crippen molar-refractivity contribution in [3.63, 3.8) is 0 Å². The van der Waals surface area contributed by atoms with E-state index in [0.717, 1.165) is 0 Å². The SMILES string of the molecule is C/C=C1/C(C(=O)NCC)NCC1(F)F. The summed E-state index contributed by atoms with van der Waals surface area (Å²) in [5.41, 5.74) is -0.136. The minimum atomic E-state index is -2.90. The van der Waals surface area contributed by atoms with E-state index in [2.05, 4.69) is 10.6 Å². The summed E-state index contributed by atoms with van der Waals surface area (Å²) in [6, 6.07) is -0.880. The van der Waals surface area contributed by atoms with Crippen molar-refractivity contribution >= 4 is 5.91 Å². The summed E-state index contributed by atoms with van der Waals surface area (Å²) < 4.78 is 26.3. The molecule has 1 saturated heterocycles. The molecule has 1 fully saturated rings. The number of allylic oxidation sites excluding steroid dienone is 1. The van der Waals surface area contributed by atoms with E-state index in [0.29, 0.717) is 6.54 Å². The average Bonchev–Trinajstić information content (AvgIpc) is 2.41. The molecule has 1 aliphatic rings. The van der Waals surface area contributed by atoms with Crippen LogP contribution < -0.4 is 10.6 Å². The van der Waals surface area contributed by atoms with Crippen LogP contribution in [0, 0.1) is 0 Å². The fourth-order valence-electron chi connectivity index (χ4n) is 1.54. The molecule has 1 atom stereocenters. The molecule has 0 aromatic rings. The Balaban J connectivity index is 2.79. The van der Waals surface area contributed by atoms with Gasteiger partial charge in [-0.05, 0) is 13.8 Å². The molecule has 0 radical (unpaired) electrons. The highest BCUT2D eigenvalue weighted by Crippen LogP contribution is 2.31. The van der Waals surface area contributed by atoms with Crippen molar-refractivity contribution in [3.05, 3.63) is 11.6 Å². The second kappa shape index (κ2) is 4.04. The molecule has 0 spiro atoms. The van der Waals surface area contributed by atoms with Crippen LogP contribution in [-0.4, -0.2) is 31.0 Å². The number of alkyl halides is 2. The molecule has 80 valence electrons. The van der Waals surface area contributed by atoms with Crippen molar-refractivity contribution in [3.8, 4) is 0 Å². The Labute approximate surface area is 81.6 Å². The zero-order valence-electron chi connectivity index (χ0n) is 8.23. The quantitative estimate of drug-likeness (QED) is 0.649. The first kappa shape index (κ1) is 11.1. The zero-order chi connectivity index (χ0) is 10.8. The number of nitrogens with one attached hydrogen (secondary N) is 2. The predicted molar refractivity (Wildman–Crippen MR) is 49.2 cm³/mol. The Morgan fingerprint density at radius 1 is 1.79 bits per heavy atom. The first-order chi connectivity index (χ1) is 6.53. The van der Waals surface area contributed by atoms with Crippen LogP contribution in [0.5, 0.6) is 0 Å². The van der Waals surface area contributed by atoms with Gasteiger partial charge in [0.15, 0.2) is 0 Å². The van der Waals surface area contributed by atoms with E-state index in [4.69, 9.17) is 0 Å². The van der Waals surface area contributed by atoms with Crippen LogP contribution in [0.2, 0.25) is 0 Å². The van der Waals surface area contributed by atoms with Crippen LogP contribution in [0.25, 0.3) is 0 Å². The molecule has 1 aliphatic heterocycles. The van der Waals surface area contributed by atoms with Crippen LogP contribution in [0.1, 0.15) is 13.8 Å². The van der Waals surface area contributed by atoms with Gasteiger partial charge in [0.05, 0.1) is 6.54 Å².